The molecular formula is C18H15N3O4S2. The van der Waals surface area contributed by atoms with Crippen LogP contribution in [0.4, 0.5) is 10.8 Å². The number of Topliss-reactive ketones (excluding diaryl/α,β-unsaturated/α-hetero) is 1. The smallest absolute Gasteiger partial charge is 0.270 e. The van der Waals surface area contributed by atoms with Crippen molar-refractivity contribution in [2.24, 2.45) is 5.41 Å². The molecule has 1 aliphatic rings. The molecule has 0 unspecified atom stereocenters. The van der Waals surface area contributed by atoms with Gasteiger partial charge in [-0.05, 0) is 24.0 Å². The van der Waals surface area contributed by atoms with Gasteiger partial charge in [-0.2, -0.15) is 0 Å². The minimum Gasteiger partial charge on any atom is -0.297 e. The third-order valence-electron chi connectivity index (χ3n) is 4.39. The lowest BCUT2D eigenvalue weighted by Crippen LogP contribution is -2.26. The monoisotopic (exact) mass is 401 g/mol. The molecule has 0 bridgehead atoms. The Bertz CT molecular complexity index is 1110. The topological polar surface area (TPSA) is 102 Å². The number of nitro groups is 1. The number of carbonyl (C=O) groups is 2. The second-order valence-electron chi connectivity index (χ2n) is 7.28. The maximum atomic E-state index is 12.6. The van der Waals surface area contributed by atoms with Gasteiger partial charge in [-0.3, -0.25) is 25.0 Å². The highest BCUT2D eigenvalue weighted by atomic mass is 32.1. The highest BCUT2D eigenvalue weighted by molar-refractivity contribution is 7.21. The number of fused-ring (bicyclic) bond motifs is 2. The Hall–Kier alpha value is -2.65. The van der Waals surface area contributed by atoms with Gasteiger partial charge in [0.25, 0.3) is 11.6 Å². The number of anilines is 1. The second-order valence-corrected chi connectivity index (χ2v) is 9.36. The zero-order valence-corrected chi connectivity index (χ0v) is 16.2. The van der Waals surface area contributed by atoms with Crippen molar-refractivity contribution in [3.05, 3.63) is 49.8 Å². The Balaban J connectivity index is 1.59. The summed E-state index contributed by atoms with van der Waals surface area (Å²) in [6, 6.07) is 6.14. The van der Waals surface area contributed by atoms with E-state index in [0.29, 0.717) is 33.1 Å². The summed E-state index contributed by atoms with van der Waals surface area (Å²) in [6.45, 7) is 4.06. The van der Waals surface area contributed by atoms with Crippen LogP contribution in [0, 0.1) is 15.5 Å². The van der Waals surface area contributed by atoms with E-state index in [2.05, 4.69) is 10.3 Å². The zero-order valence-electron chi connectivity index (χ0n) is 14.6. The lowest BCUT2D eigenvalue weighted by Gasteiger charge is -2.26. The first-order valence-electron chi connectivity index (χ1n) is 8.24. The summed E-state index contributed by atoms with van der Waals surface area (Å²) in [6.07, 6.45) is 1.18. The standard InChI is InChI=1S/C18H15N3O4S2/c1-18(2)7-11-15(12(22)8-18)27-17(19-11)20-16(23)14-6-9-5-10(21(24)25)3-4-13(9)26-14/h3-6H,7-8H2,1-2H3,(H,19,20,23). The molecule has 0 saturated carbocycles. The van der Waals surface area contributed by atoms with Crippen LogP contribution in [0.15, 0.2) is 24.3 Å². The number of hydrogen-bond donors (Lipinski definition) is 1. The SMILES string of the molecule is CC1(C)CC(=O)c2sc(NC(=O)c3cc4cc([N+](=O)[O-])ccc4s3)nc2C1. The van der Waals surface area contributed by atoms with Crippen LogP contribution >= 0.6 is 22.7 Å². The number of nitro benzene ring substituents is 1. The fraction of sp³-hybridized carbons (Fsp3) is 0.278. The summed E-state index contributed by atoms with van der Waals surface area (Å²) in [7, 11) is 0. The molecule has 0 saturated heterocycles. The molecule has 4 rings (SSSR count). The van der Waals surface area contributed by atoms with Crippen molar-refractivity contribution in [3.8, 4) is 0 Å². The van der Waals surface area contributed by atoms with Crippen molar-refractivity contribution in [3.63, 3.8) is 0 Å². The molecule has 1 amide bonds. The first kappa shape index (κ1) is 17.7. The number of nitrogens with zero attached hydrogens (tertiary/aromatic N) is 2. The fourth-order valence-electron chi connectivity index (χ4n) is 3.19. The van der Waals surface area contributed by atoms with Crippen molar-refractivity contribution in [2.75, 3.05) is 5.32 Å². The van der Waals surface area contributed by atoms with Gasteiger partial charge in [-0.25, -0.2) is 4.98 Å². The molecule has 138 valence electrons. The van der Waals surface area contributed by atoms with Crippen LogP contribution in [-0.2, 0) is 6.42 Å². The third-order valence-corrected chi connectivity index (χ3v) is 6.56. The summed E-state index contributed by atoms with van der Waals surface area (Å²) < 4.78 is 0.793. The molecule has 9 heteroatoms. The number of carbonyl (C=O) groups excluding carboxylic acids is 2. The van der Waals surface area contributed by atoms with Gasteiger partial charge in [0.1, 0.15) is 0 Å². The Kier molecular flexibility index (Phi) is 4.08. The maximum Gasteiger partial charge on any atom is 0.270 e. The Morgan fingerprint density at radius 1 is 1.26 bits per heavy atom. The average Bonchev–Trinajstić information content (AvgIpc) is 3.16. The molecule has 0 aliphatic heterocycles. The van der Waals surface area contributed by atoms with E-state index in [0.717, 1.165) is 10.4 Å². The lowest BCUT2D eigenvalue weighted by molar-refractivity contribution is -0.384. The van der Waals surface area contributed by atoms with Crippen LogP contribution in [0.25, 0.3) is 10.1 Å². The normalized spacial score (nSPS) is 15.6. The number of benzene rings is 1. The molecule has 1 aliphatic carbocycles. The van der Waals surface area contributed by atoms with Gasteiger partial charge in [0.2, 0.25) is 0 Å². The first-order valence-corrected chi connectivity index (χ1v) is 9.87. The van der Waals surface area contributed by atoms with Crippen molar-refractivity contribution in [2.45, 2.75) is 26.7 Å². The van der Waals surface area contributed by atoms with E-state index in [-0.39, 0.29) is 22.8 Å². The average molecular weight is 401 g/mol. The first-order chi connectivity index (χ1) is 12.7. The van der Waals surface area contributed by atoms with E-state index in [1.807, 2.05) is 13.8 Å². The number of non-ortho nitro benzene ring substituents is 1. The predicted octanol–water partition coefficient (Wildman–Crippen LogP) is 4.67. The Morgan fingerprint density at radius 2 is 2.04 bits per heavy atom. The molecule has 3 aromatic rings. The van der Waals surface area contributed by atoms with Crippen molar-refractivity contribution < 1.29 is 14.5 Å². The van der Waals surface area contributed by atoms with Gasteiger partial charge in [0.05, 0.1) is 20.4 Å². The summed E-state index contributed by atoms with van der Waals surface area (Å²) in [5.74, 6) is -0.273. The predicted molar refractivity (Wildman–Crippen MR) is 105 cm³/mol. The molecule has 1 aromatic carbocycles. The molecule has 0 radical (unpaired) electrons. The van der Waals surface area contributed by atoms with Crippen LogP contribution in [0.3, 0.4) is 0 Å². The van der Waals surface area contributed by atoms with Gasteiger partial charge in [0.15, 0.2) is 10.9 Å². The number of rotatable bonds is 3. The van der Waals surface area contributed by atoms with E-state index in [1.165, 1.54) is 34.8 Å². The second kappa shape index (κ2) is 6.21. The highest BCUT2D eigenvalue weighted by Crippen LogP contribution is 2.38. The molecule has 1 N–H and O–H groups in total. The van der Waals surface area contributed by atoms with E-state index in [9.17, 15) is 19.7 Å². The van der Waals surface area contributed by atoms with E-state index >= 15 is 0 Å². The van der Waals surface area contributed by atoms with Gasteiger partial charge in [0, 0.05) is 28.6 Å². The summed E-state index contributed by atoms with van der Waals surface area (Å²) in [5, 5.41) is 14.7. The molecule has 7 nitrogen and oxygen atoms in total. The number of hydrogen-bond acceptors (Lipinski definition) is 7. The van der Waals surface area contributed by atoms with Crippen LogP contribution in [0.5, 0.6) is 0 Å². The number of amides is 1. The van der Waals surface area contributed by atoms with Crippen molar-refractivity contribution >= 4 is 55.3 Å². The van der Waals surface area contributed by atoms with E-state index in [4.69, 9.17) is 0 Å². The minimum absolute atomic E-state index is 0.0130. The molecule has 27 heavy (non-hydrogen) atoms. The minimum atomic E-state index is -0.463. The van der Waals surface area contributed by atoms with Gasteiger partial charge >= 0.3 is 0 Å². The maximum absolute atomic E-state index is 12.6. The number of aromatic nitrogens is 1. The molecular weight excluding hydrogens is 386 g/mol. The highest BCUT2D eigenvalue weighted by Gasteiger charge is 2.34. The van der Waals surface area contributed by atoms with Crippen molar-refractivity contribution in [1.82, 2.24) is 4.98 Å². The summed E-state index contributed by atoms with van der Waals surface area (Å²) in [5.41, 5.74) is 0.601. The zero-order chi connectivity index (χ0) is 19.3. The Labute approximate surface area is 162 Å². The lowest BCUT2D eigenvalue weighted by atomic mass is 9.78. The van der Waals surface area contributed by atoms with Crippen LogP contribution in [0.1, 0.15) is 45.3 Å². The van der Waals surface area contributed by atoms with Crippen LogP contribution < -0.4 is 5.32 Å². The molecule has 0 spiro atoms. The molecule has 2 heterocycles. The van der Waals surface area contributed by atoms with E-state index < -0.39 is 4.92 Å². The van der Waals surface area contributed by atoms with Crippen LogP contribution in [0.2, 0.25) is 0 Å². The van der Waals surface area contributed by atoms with Gasteiger partial charge in [-0.1, -0.05) is 25.2 Å². The Morgan fingerprint density at radius 3 is 2.78 bits per heavy atom. The van der Waals surface area contributed by atoms with Crippen molar-refractivity contribution in [1.29, 1.82) is 0 Å². The summed E-state index contributed by atoms with van der Waals surface area (Å²) >= 11 is 2.46. The molecule has 0 atom stereocenters. The third kappa shape index (κ3) is 3.35. The fourth-order valence-corrected chi connectivity index (χ4v) is 5.04. The number of thiophene rings is 1. The molecule has 0 fully saturated rings. The van der Waals surface area contributed by atoms with Gasteiger partial charge < -0.3 is 0 Å². The molecule has 2 aromatic heterocycles. The quantitative estimate of drug-likeness (QED) is 0.507. The van der Waals surface area contributed by atoms with Gasteiger partial charge in [-0.15, -0.1) is 11.3 Å². The van der Waals surface area contributed by atoms with E-state index in [1.54, 1.807) is 12.1 Å². The largest absolute Gasteiger partial charge is 0.297 e. The number of nitrogens with one attached hydrogen (secondary N) is 1. The van der Waals surface area contributed by atoms with Crippen LogP contribution in [-0.4, -0.2) is 21.6 Å². The summed E-state index contributed by atoms with van der Waals surface area (Å²) in [4.78, 5) is 40.8. The number of ketones is 1. The number of thiazole rings is 1.